The van der Waals surface area contributed by atoms with Crippen LogP contribution in [0.3, 0.4) is 0 Å². The van der Waals surface area contributed by atoms with Crippen LogP contribution in [-0.4, -0.2) is 16.8 Å². The van der Waals surface area contributed by atoms with Gasteiger partial charge in [-0.2, -0.15) is 8.42 Å². The molecule has 0 bridgehead atoms. The number of sulfonamides is 1. The molecule has 0 fully saturated rings. The van der Waals surface area contributed by atoms with Gasteiger partial charge < -0.3 is 9.50 Å². The lowest BCUT2D eigenvalue weighted by Gasteiger charge is -2.12. The standard InChI is InChI=1S/C19H18N2O5S2/c1-14-9-11-17(12-10-14)28(24,25)26-16-6-4-5-15(13-16)21-18-7-2-3-8-19(18)27(20,22)23/h2-13,21H,1H3,(H2,20,22,23). The Morgan fingerprint density at radius 2 is 1.54 bits per heavy atom. The smallest absolute Gasteiger partial charge is 0.339 e. The van der Waals surface area contributed by atoms with Gasteiger partial charge in [-0.15, -0.1) is 0 Å². The molecule has 3 N–H and O–H groups in total. The molecule has 7 nitrogen and oxygen atoms in total. The van der Waals surface area contributed by atoms with Crippen LogP contribution in [-0.2, 0) is 20.1 Å². The molecule has 0 unspecified atom stereocenters. The Morgan fingerprint density at radius 3 is 2.21 bits per heavy atom. The van der Waals surface area contributed by atoms with Crippen LogP contribution in [0.25, 0.3) is 0 Å². The maximum absolute atomic E-state index is 12.4. The van der Waals surface area contributed by atoms with Gasteiger partial charge in [-0.05, 0) is 43.3 Å². The van der Waals surface area contributed by atoms with Crippen molar-refractivity contribution in [3.05, 3.63) is 78.4 Å². The van der Waals surface area contributed by atoms with Crippen LogP contribution in [0.15, 0.2) is 82.6 Å². The van der Waals surface area contributed by atoms with E-state index in [1.165, 1.54) is 30.3 Å². The highest BCUT2D eigenvalue weighted by atomic mass is 32.2. The molecule has 0 amide bonds. The van der Waals surface area contributed by atoms with Gasteiger partial charge in [0, 0.05) is 11.8 Å². The van der Waals surface area contributed by atoms with Crippen LogP contribution in [0.5, 0.6) is 5.75 Å². The zero-order valence-electron chi connectivity index (χ0n) is 14.9. The maximum Gasteiger partial charge on any atom is 0.339 e. The van der Waals surface area contributed by atoms with Crippen molar-refractivity contribution >= 4 is 31.5 Å². The Morgan fingerprint density at radius 1 is 0.857 bits per heavy atom. The molecule has 3 aromatic carbocycles. The van der Waals surface area contributed by atoms with Crippen molar-refractivity contribution in [2.24, 2.45) is 5.14 Å². The lowest BCUT2D eigenvalue weighted by atomic mass is 10.2. The summed E-state index contributed by atoms with van der Waals surface area (Å²) in [6.45, 7) is 1.85. The van der Waals surface area contributed by atoms with E-state index in [9.17, 15) is 16.8 Å². The fourth-order valence-electron chi connectivity index (χ4n) is 2.48. The second-order valence-corrected chi connectivity index (χ2v) is 9.12. The predicted octanol–water partition coefficient (Wildman–Crippen LogP) is 3.15. The first kappa shape index (κ1) is 19.9. The Kier molecular flexibility index (Phi) is 5.41. The Balaban J connectivity index is 1.87. The first-order valence-electron chi connectivity index (χ1n) is 8.15. The SMILES string of the molecule is Cc1ccc(S(=O)(=O)Oc2cccc(Nc3ccccc3S(N)(=O)=O)c2)cc1. The number of benzene rings is 3. The minimum atomic E-state index is -3.99. The van der Waals surface area contributed by atoms with Crippen molar-refractivity contribution in [1.29, 1.82) is 0 Å². The summed E-state index contributed by atoms with van der Waals surface area (Å²) >= 11 is 0. The second-order valence-electron chi connectivity index (χ2n) is 6.04. The third kappa shape index (κ3) is 4.69. The second kappa shape index (κ2) is 7.63. The number of primary sulfonamides is 1. The molecule has 146 valence electrons. The molecule has 0 aliphatic carbocycles. The Labute approximate surface area is 164 Å². The van der Waals surface area contributed by atoms with E-state index in [0.29, 0.717) is 5.69 Å². The zero-order valence-corrected chi connectivity index (χ0v) is 16.5. The van der Waals surface area contributed by atoms with Crippen LogP contribution in [0.4, 0.5) is 11.4 Å². The van der Waals surface area contributed by atoms with Crippen molar-refractivity contribution in [3.63, 3.8) is 0 Å². The summed E-state index contributed by atoms with van der Waals surface area (Å²) in [6.07, 6.45) is 0. The van der Waals surface area contributed by atoms with Gasteiger partial charge in [-0.3, -0.25) is 0 Å². The van der Waals surface area contributed by atoms with Gasteiger partial charge in [0.2, 0.25) is 10.0 Å². The van der Waals surface area contributed by atoms with Crippen LogP contribution in [0, 0.1) is 6.92 Å². The van der Waals surface area contributed by atoms with Crippen molar-refractivity contribution in [1.82, 2.24) is 0 Å². The van der Waals surface area contributed by atoms with Gasteiger partial charge in [-0.1, -0.05) is 35.9 Å². The monoisotopic (exact) mass is 418 g/mol. The highest BCUT2D eigenvalue weighted by molar-refractivity contribution is 7.89. The van der Waals surface area contributed by atoms with E-state index in [0.717, 1.165) is 5.56 Å². The largest absolute Gasteiger partial charge is 0.379 e. The lowest BCUT2D eigenvalue weighted by molar-refractivity contribution is 0.486. The van der Waals surface area contributed by atoms with Gasteiger partial charge in [-0.25, -0.2) is 13.6 Å². The zero-order chi connectivity index (χ0) is 20.4. The molecule has 0 saturated heterocycles. The number of rotatable bonds is 6. The molecular weight excluding hydrogens is 400 g/mol. The number of hydrogen-bond acceptors (Lipinski definition) is 6. The summed E-state index contributed by atoms with van der Waals surface area (Å²) in [5, 5.41) is 8.15. The topological polar surface area (TPSA) is 116 Å². The molecule has 9 heteroatoms. The summed E-state index contributed by atoms with van der Waals surface area (Å²) < 4.78 is 53.5. The molecule has 0 saturated carbocycles. The highest BCUT2D eigenvalue weighted by Crippen LogP contribution is 2.27. The van der Waals surface area contributed by atoms with Crippen molar-refractivity contribution in [3.8, 4) is 5.75 Å². The fourth-order valence-corrected chi connectivity index (χ4v) is 4.10. The first-order valence-corrected chi connectivity index (χ1v) is 11.1. The number of hydrogen-bond donors (Lipinski definition) is 2. The van der Waals surface area contributed by atoms with E-state index in [2.05, 4.69) is 5.32 Å². The van der Waals surface area contributed by atoms with E-state index >= 15 is 0 Å². The lowest BCUT2D eigenvalue weighted by Crippen LogP contribution is -2.14. The van der Waals surface area contributed by atoms with Gasteiger partial charge in [0.05, 0.1) is 5.69 Å². The summed E-state index contributed by atoms with van der Waals surface area (Å²) in [4.78, 5) is -0.0374. The molecular formula is C19H18N2O5S2. The molecule has 0 aliphatic rings. The third-order valence-corrected chi connectivity index (χ3v) is 6.05. The minimum Gasteiger partial charge on any atom is -0.379 e. The quantitative estimate of drug-likeness (QED) is 0.594. The fraction of sp³-hybridized carbons (Fsp3) is 0.0526. The first-order chi connectivity index (χ1) is 13.1. The Hall–Kier alpha value is -2.88. The van der Waals surface area contributed by atoms with Gasteiger partial charge >= 0.3 is 10.1 Å². The number of anilines is 2. The van der Waals surface area contributed by atoms with Crippen LogP contribution >= 0.6 is 0 Å². The summed E-state index contributed by atoms with van der Waals surface area (Å²) in [5.41, 5.74) is 1.63. The normalized spacial score (nSPS) is 11.8. The summed E-state index contributed by atoms with van der Waals surface area (Å²) in [6, 6.07) is 18.6. The number of nitrogens with two attached hydrogens (primary N) is 1. The van der Waals surface area contributed by atoms with E-state index in [1.54, 1.807) is 42.5 Å². The van der Waals surface area contributed by atoms with Gasteiger partial charge in [0.25, 0.3) is 0 Å². The van der Waals surface area contributed by atoms with Gasteiger partial charge in [0.15, 0.2) is 0 Å². The van der Waals surface area contributed by atoms with E-state index in [-0.39, 0.29) is 21.2 Å². The molecule has 0 aliphatic heterocycles. The predicted molar refractivity (Wildman–Crippen MR) is 107 cm³/mol. The average Bonchev–Trinajstić information content (AvgIpc) is 2.61. The number of para-hydroxylation sites is 1. The molecule has 0 aromatic heterocycles. The number of aryl methyl sites for hydroxylation is 1. The van der Waals surface area contributed by atoms with E-state index < -0.39 is 20.1 Å². The van der Waals surface area contributed by atoms with E-state index in [4.69, 9.17) is 9.32 Å². The molecule has 0 spiro atoms. The average molecular weight is 418 g/mol. The van der Waals surface area contributed by atoms with Crippen molar-refractivity contribution in [2.45, 2.75) is 16.7 Å². The molecule has 28 heavy (non-hydrogen) atoms. The van der Waals surface area contributed by atoms with Crippen LogP contribution in [0.1, 0.15) is 5.56 Å². The molecule has 0 atom stereocenters. The van der Waals surface area contributed by atoms with Crippen molar-refractivity contribution in [2.75, 3.05) is 5.32 Å². The van der Waals surface area contributed by atoms with Crippen LogP contribution in [0.2, 0.25) is 0 Å². The minimum absolute atomic E-state index is 0.0380. The Bertz CT molecular complexity index is 1210. The molecule has 3 rings (SSSR count). The van der Waals surface area contributed by atoms with Crippen LogP contribution < -0.4 is 14.6 Å². The van der Waals surface area contributed by atoms with Crippen molar-refractivity contribution < 1.29 is 21.0 Å². The van der Waals surface area contributed by atoms with E-state index in [1.807, 2.05) is 6.92 Å². The highest BCUT2D eigenvalue weighted by Gasteiger charge is 2.17. The maximum atomic E-state index is 12.4. The molecule has 3 aromatic rings. The van der Waals surface area contributed by atoms with Gasteiger partial charge in [0.1, 0.15) is 15.5 Å². The molecule has 0 heterocycles. The summed E-state index contributed by atoms with van der Waals surface area (Å²) in [5.74, 6) is 0.0821. The third-order valence-electron chi connectivity index (χ3n) is 3.82. The molecule has 0 radical (unpaired) electrons. The number of nitrogens with one attached hydrogen (secondary N) is 1. The summed E-state index contributed by atoms with van der Waals surface area (Å²) in [7, 11) is -7.92.